The molecule has 6 heteroatoms. The van der Waals surface area contributed by atoms with Gasteiger partial charge in [-0.15, -0.1) is 0 Å². The molecular weight excluding hydrogens is 353 g/mol. The van der Waals surface area contributed by atoms with Gasteiger partial charge in [0.15, 0.2) is 0 Å². The number of amides is 1. The van der Waals surface area contributed by atoms with E-state index in [1.165, 1.54) is 12.1 Å². The summed E-state index contributed by atoms with van der Waals surface area (Å²) in [5.74, 6) is -0.274. The Bertz CT molecular complexity index is 956. The van der Waals surface area contributed by atoms with Crippen molar-refractivity contribution in [2.24, 2.45) is 7.05 Å². The van der Waals surface area contributed by atoms with Crippen LogP contribution in [0.5, 0.6) is 0 Å². The Labute approximate surface area is 155 Å². The molecule has 0 atom stereocenters. The van der Waals surface area contributed by atoms with Crippen molar-refractivity contribution < 1.29 is 18.0 Å². The van der Waals surface area contributed by atoms with E-state index in [1.54, 1.807) is 24.3 Å². The van der Waals surface area contributed by atoms with E-state index in [0.717, 1.165) is 23.5 Å². The third kappa shape index (κ3) is 4.05. The fourth-order valence-corrected chi connectivity index (χ4v) is 2.88. The molecule has 3 rings (SSSR count). The van der Waals surface area contributed by atoms with Crippen LogP contribution in [0.4, 0.5) is 13.2 Å². The average molecular weight is 372 g/mol. The van der Waals surface area contributed by atoms with Crippen molar-refractivity contribution in [2.75, 3.05) is 0 Å². The van der Waals surface area contributed by atoms with Crippen LogP contribution in [0.3, 0.4) is 0 Å². The average Bonchev–Trinajstić information content (AvgIpc) is 2.97. The van der Waals surface area contributed by atoms with Gasteiger partial charge in [0.1, 0.15) is 0 Å². The molecule has 1 aromatic heterocycles. The lowest BCUT2D eigenvalue weighted by atomic mass is 9.98. The maximum Gasteiger partial charge on any atom is 0.416 e. The highest BCUT2D eigenvalue weighted by molar-refractivity contribution is 6.00. The highest BCUT2D eigenvalue weighted by atomic mass is 19.4. The largest absolute Gasteiger partial charge is 0.416 e. The van der Waals surface area contributed by atoms with Gasteiger partial charge in [-0.05, 0) is 48.4 Å². The summed E-state index contributed by atoms with van der Waals surface area (Å²) >= 11 is 0. The molecule has 0 bridgehead atoms. The molecular formula is C21H19F3N2O. The summed E-state index contributed by atoms with van der Waals surface area (Å²) in [6.45, 7) is 2.34. The monoisotopic (exact) mass is 372 g/mol. The molecule has 0 fully saturated rings. The van der Waals surface area contributed by atoms with Gasteiger partial charge in [0.05, 0.1) is 12.1 Å². The number of halogens is 3. The maximum atomic E-state index is 12.8. The minimum Gasteiger partial charge on any atom is -0.350 e. The van der Waals surface area contributed by atoms with Crippen molar-refractivity contribution in [1.29, 1.82) is 0 Å². The van der Waals surface area contributed by atoms with Crippen LogP contribution in [-0.2, 0) is 19.8 Å². The van der Waals surface area contributed by atoms with Crippen LogP contribution in [0.25, 0.3) is 11.1 Å². The SMILES string of the molecule is Cc1ccc(CNC(=O)c2ccccc2-c2ccc(C(F)(F)F)cc2)n1C. The number of hydrogen-bond acceptors (Lipinski definition) is 1. The molecule has 0 radical (unpaired) electrons. The summed E-state index contributed by atoms with van der Waals surface area (Å²) < 4.78 is 40.3. The number of carbonyl (C=O) groups excluding carboxylic acids is 1. The standard InChI is InChI=1S/C21H19F3N2O/c1-14-7-12-17(26(14)2)13-25-20(27)19-6-4-3-5-18(19)15-8-10-16(11-9-15)21(22,23)24/h3-12H,13H2,1-2H3,(H,25,27). The van der Waals surface area contributed by atoms with E-state index < -0.39 is 11.7 Å². The van der Waals surface area contributed by atoms with Crippen LogP contribution < -0.4 is 5.32 Å². The highest BCUT2D eigenvalue weighted by Gasteiger charge is 2.30. The smallest absolute Gasteiger partial charge is 0.350 e. The first-order valence-corrected chi connectivity index (χ1v) is 8.43. The van der Waals surface area contributed by atoms with E-state index in [-0.39, 0.29) is 5.91 Å². The van der Waals surface area contributed by atoms with E-state index in [0.29, 0.717) is 23.2 Å². The molecule has 0 unspecified atom stereocenters. The number of carbonyl (C=O) groups is 1. The predicted octanol–water partition coefficient (Wildman–Crippen LogP) is 4.95. The first-order valence-electron chi connectivity index (χ1n) is 8.43. The summed E-state index contributed by atoms with van der Waals surface area (Å²) in [6, 6.07) is 15.6. The molecule has 1 N–H and O–H groups in total. The molecule has 140 valence electrons. The number of hydrogen-bond donors (Lipinski definition) is 1. The van der Waals surface area contributed by atoms with Gasteiger partial charge < -0.3 is 9.88 Å². The molecule has 0 aliphatic heterocycles. The molecule has 1 heterocycles. The fraction of sp³-hybridized carbons (Fsp3) is 0.190. The number of nitrogens with zero attached hydrogens (tertiary/aromatic N) is 1. The van der Waals surface area contributed by atoms with Gasteiger partial charge in [0, 0.05) is 24.0 Å². The zero-order valence-corrected chi connectivity index (χ0v) is 15.0. The molecule has 0 aliphatic rings. The first kappa shape index (κ1) is 18.8. The van der Waals surface area contributed by atoms with Gasteiger partial charge in [0.25, 0.3) is 5.91 Å². The second-order valence-corrected chi connectivity index (χ2v) is 6.33. The van der Waals surface area contributed by atoms with Crippen LogP contribution in [0.2, 0.25) is 0 Å². The van der Waals surface area contributed by atoms with E-state index in [2.05, 4.69) is 5.32 Å². The Balaban J connectivity index is 1.83. The lowest BCUT2D eigenvalue weighted by Crippen LogP contribution is -2.24. The maximum absolute atomic E-state index is 12.8. The molecule has 0 spiro atoms. The molecule has 3 nitrogen and oxygen atoms in total. The number of aryl methyl sites for hydroxylation is 1. The number of nitrogens with one attached hydrogen (secondary N) is 1. The van der Waals surface area contributed by atoms with E-state index in [9.17, 15) is 18.0 Å². The summed E-state index contributed by atoms with van der Waals surface area (Å²) in [5.41, 5.74) is 2.91. The Morgan fingerprint density at radius 2 is 1.67 bits per heavy atom. The second kappa shape index (κ2) is 7.31. The number of alkyl halides is 3. The van der Waals surface area contributed by atoms with Crippen LogP contribution in [0, 0.1) is 6.92 Å². The molecule has 0 saturated heterocycles. The fourth-order valence-electron chi connectivity index (χ4n) is 2.88. The zero-order chi connectivity index (χ0) is 19.6. The van der Waals surface area contributed by atoms with Gasteiger partial charge >= 0.3 is 6.18 Å². The Kier molecular flexibility index (Phi) is 5.08. The molecule has 3 aromatic rings. The molecule has 0 saturated carbocycles. The minimum atomic E-state index is -4.39. The minimum absolute atomic E-state index is 0.274. The summed E-state index contributed by atoms with van der Waals surface area (Å²) in [6.07, 6.45) is -4.39. The molecule has 0 aliphatic carbocycles. The number of benzene rings is 2. The van der Waals surface area contributed by atoms with Crippen molar-refractivity contribution in [1.82, 2.24) is 9.88 Å². The number of rotatable bonds is 4. The topological polar surface area (TPSA) is 34.0 Å². The predicted molar refractivity (Wildman–Crippen MR) is 98.2 cm³/mol. The van der Waals surface area contributed by atoms with E-state index in [1.807, 2.05) is 30.7 Å². The second-order valence-electron chi connectivity index (χ2n) is 6.33. The third-order valence-corrected chi connectivity index (χ3v) is 4.60. The van der Waals surface area contributed by atoms with Crippen molar-refractivity contribution in [3.8, 4) is 11.1 Å². The van der Waals surface area contributed by atoms with Crippen molar-refractivity contribution in [3.05, 3.63) is 83.2 Å². The summed E-state index contributed by atoms with van der Waals surface area (Å²) in [5, 5.41) is 2.88. The summed E-state index contributed by atoms with van der Waals surface area (Å²) in [7, 11) is 1.92. The first-order chi connectivity index (χ1) is 12.8. The molecule has 1 amide bonds. The van der Waals surface area contributed by atoms with Crippen LogP contribution in [0.1, 0.15) is 27.3 Å². The Hall–Kier alpha value is -3.02. The van der Waals surface area contributed by atoms with Gasteiger partial charge in [0.2, 0.25) is 0 Å². The van der Waals surface area contributed by atoms with Crippen molar-refractivity contribution in [2.45, 2.75) is 19.6 Å². The highest BCUT2D eigenvalue weighted by Crippen LogP contribution is 2.31. The van der Waals surface area contributed by atoms with Gasteiger partial charge in [-0.3, -0.25) is 4.79 Å². The van der Waals surface area contributed by atoms with Crippen LogP contribution in [-0.4, -0.2) is 10.5 Å². The Morgan fingerprint density at radius 1 is 1.00 bits per heavy atom. The normalized spacial score (nSPS) is 11.4. The van der Waals surface area contributed by atoms with Crippen molar-refractivity contribution in [3.63, 3.8) is 0 Å². The van der Waals surface area contributed by atoms with E-state index in [4.69, 9.17) is 0 Å². The quantitative estimate of drug-likeness (QED) is 0.691. The number of aromatic nitrogens is 1. The zero-order valence-electron chi connectivity index (χ0n) is 15.0. The lowest BCUT2D eigenvalue weighted by molar-refractivity contribution is -0.137. The van der Waals surface area contributed by atoms with Crippen LogP contribution >= 0.6 is 0 Å². The third-order valence-electron chi connectivity index (χ3n) is 4.60. The van der Waals surface area contributed by atoms with Gasteiger partial charge in [-0.25, -0.2) is 0 Å². The van der Waals surface area contributed by atoms with Crippen molar-refractivity contribution >= 4 is 5.91 Å². The molecule has 2 aromatic carbocycles. The van der Waals surface area contributed by atoms with E-state index >= 15 is 0 Å². The molecule has 27 heavy (non-hydrogen) atoms. The summed E-state index contributed by atoms with van der Waals surface area (Å²) in [4.78, 5) is 12.7. The Morgan fingerprint density at radius 3 is 2.26 bits per heavy atom. The van der Waals surface area contributed by atoms with Crippen LogP contribution in [0.15, 0.2) is 60.7 Å². The van der Waals surface area contributed by atoms with Gasteiger partial charge in [-0.1, -0.05) is 30.3 Å². The lowest BCUT2D eigenvalue weighted by Gasteiger charge is -2.12. The van der Waals surface area contributed by atoms with Gasteiger partial charge in [-0.2, -0.15) is 13.2 Å².